The fraction of sp³-hybridized carbons (Fsp3) is 0.188. The molecule has 1 N–H and O–H groups in total. The third-order valence-corrected chi connectivity index (χ3v) is 6.17. The van der Waals surface area contributed by atoms with Crippen LogP contribution in [0.1, 0.15) is 11.3 Å². The summed E-state index contributed by atoms with van der Waals surface area (Å²) in [6.07, 6.45) is 3.88. The summed E-state index contributed by atoms with van der Waals surface area (Å²) in [5, 5.41) is 4.70. The van der Waals surface area contributed by atoms with Crippen LogP contribution in [0.2, 0.25) is 0 Å². The van der Waals surface area contributed by atoms with E-state index in [0.29, 0.717) is 24.3 Å². The number of rotatable bonds is 4. The number of carbonyl (C=O) groups is 1. The second-order valence-electron chi connectivity index (χ2n) is 5.13. The van der Waals surface area contributed by atoms with Crippen LogP contribution in [0.15, 0.2) is 47.9 Å². The van der Waals surface area contributed by atoms with E-state index in [-0.39, 0.29) is 11.7 Å². The average molecular weight is 348 g/mol. The van der Waals surface area contributed by atoms with Crippen molar-refractivity contribution in [1.82, 2.24) is 0 Å². The molecule has 3 rings (SSSR count). The number of carbonyl (C=O) groups excluding carboxylic acids is 1. The van der Waals surface area contributed by atoms with Gasteiger partial charge in [-0.3, -0.25) is 9.10 Å². The van der Waals surface area contributed by atoms with Crippen molar-refractivity contribution >= 4 is 44.7 Å². The van der Waals surface area contributed by atoms with Crippen LogP contribution in [-0.4, -0.2) is 26.6 Å². The number of hydrogen-bond acceptors (Lipinski definition) is 4. The summed E-state index contributed by atoms with van der Waals surface area (Å²) in [4.78, 5) is 12.9. The summed E-state index contributed by atoms with van der Waals surface area (Å²) in [5.41, 5.74) is 1.26. The lowest BCUT2D eigenvalue weighted by Crippen LogP contribution is -2.24. The van der Waals surface area contributed by atoms with E-state index >= 15 is 0 Å². The number of anilines is 2. The largest absolute Gasteiger partial charge is 0.323 e. The van der Waals surface area contributed by atoms with E-state index in [0.717, 1.165) is 4.88 Å². The quantitative estimate of drug-likeness (QED) is 0.864. The first-order valence-corrected chi connectivity index (χ1v) is 9.66. The zero-order chi connectivity index (χ0) is 16.3. The summed E-state index contributed by atoms with van der Waals surface area (Å²) in [6, 6.07) is 10.7. The van der Waals surface area contributed by atoms with Crippen molar-refractivity contribution < 1.29 is 13.2 Å². The normalized spacial score (nSPS) is 16.8. The number of hydrogen-bond donors (Lipinski definition) is 1. The zero-order valence-electron chi connectivity index (χ0n) is 12.3. The van der Waals surface area contributed by atoms with Gasteiger partial charge in [0.15, 0.2) is 0 Å². The highest BCUT2D eigenvalue weighted by Crippen LogP contribution is 2.25. The first-order valence-electron chi connectivity index (χ1n) is 7.18. The smallest absolute Gasteiger partial charge is 0.248 e. The predicted octanol–water partition coefficient (Wildman–Crippen LogP) is 2.94. The Morgan fingerprint density at radius 3 is 2.61 bits per heavy atom. The Kier molecular flexibility index (Phi) is 4.49. The SMILES string of the molecule is O=C(C=Cc1cccs1)Nc1ccc(N2CCCS2(=O)=O)cc1. The van der Waals surface area contributed by atoms with Gasteiger partial charge < -0.3 is 5.32 Å². The third kappa shape index (κ3) is 3.80. The number of nitrogens with one attached hydrogen (secondary N) is 1. The molecule has 0 aliphatic carbocycles. The number of sulfonamides is 1. The molecule has 120 valence electrons. The molecule has 2 heterocycles. The second kappa shape index (κ2) is 6.55. The number of benzene rings is 1. The van der Waals surface area contributed by atoms with E-state index < -0.39 is 10.0 Å². The van der Waals surface area contributed by atoms with Crippen molar-refractivity contribution in [2.75, 3.05) is 21.9 Å². The maximum Gasteiger partial charge on any atom is 0.248 e. The standard InChI is InChI=1S/C16H16N2O3S2/c19-16(9-8-15-3-1-11-22-15)17-13-4-6-14(7-5-13)18-10-2-12-23(18,20)21/h1,3-9,11H,2,10,12H2,(H,17,19). The van der Waals surface area contributed by atoms with Crippen LogP contribution in [-0.2, 0) is 14.8 Å². The van der Waals surface area contributed by atoms with Gasteiger partial charge in [0.1, 0.15) is 0 Å². The molecule has 2 aromatic rings. The van der Waals surface area contributed by atoms with Gasteiger partial charge in [-0.1, -0.05) is 6.07 Å². The van der Waals surface area contributed by atoms with Crippen LogP contribution in [0.5, 0.6) is 0 Å². The van der Waals surface area contributed by atoms with Gasteiger partial charge in [0.05, 0.1) is 11.4 Å². The van der Waals surface area contributed by atoms with E-state index in [4.69, 9.17) is 0 Å². The van der Waals surface area contributed by atoms with Crippen LogP contribution in [0.3, 0.4) is 0 Å². The van der Waals surface area contributed by atoms with Crippen molar-refractivity contribution in [3.63, 3.8) is 0 Å². The summed E-state index contributed by atoms with van der Waals surface area (Å²) in [7, 11) is -3.17. The van der Waals surface area contributed by atoms with Crippen LogP contribution in [0.25, 0.3) is 6.08 Å². The van der Waals surface area contributed by atoms with Crippen LogP contribution < -0.4 is 9.62 Å². The van der Waals surface area contributed by atoms with Crippen molar-refractivity contribution in [3.8, 4) is 0 Å². The van der Waals surface area contributed by atoms with E-state index in [1.165, 1.54) is 10.4 Å². The van der Waals surface area contributed by atoms with Gasteiger partial charge in [-0.25, -0.2) is 8.42 Å². The van der Waals surface area contributed by atoms with Gasteiger partial charge in [-0.05, 0) is 48.2 Å². The second-order valence-corrected chi connectivity index (χ2v) is 8.12. The molecule has 23 heavy (non-hydrogen) atoms. The molecule has 0 saturated carbocycles. The van der Waals surface area contributed by atoms with Crippen LogP contribution in [0, 0.1) is 0 Å². The van der Waals surface area contributed by atoms with Crippen molar-refractivity contribution in [2.45, 2.75) is 6.42 Å². The predicted molar refractivity (Wildman–Crippen MR) is 94.2 cm³/mol. The molecule has 0 unspecified atom stereocenters. The van der Waals surface area contributed by atoms with Gasteiger partial charge in [-0.2, -0.15) is 0 Å². The zero-order valence-corrected chi connectivity index (χ0v) is 13.9. The van der Waals surface area contributed by atoms with E-state index in [2.05, 4.69) is 5.32 Å². The third-order valence-electron chi connectivity index (χ3n) is 3.46. The molecule has 1 aliphatic heterocycles. The molecular weight excluding hydrogens is 332 g/mol. The van der Waals surface area contributed by atoms with Crippen molar-refractivity contribution in [3.05, 3.63) is 52.7 Å². The van der Waals surface area contributed by atoms with E-state index in [1.807, 2.05) is 17.5 Å². The summed E-state index contributed by atoms with van der Waals surface area (Å²) < 4.78 is 25.2. The number of amides is 1. The maximum atomic E-state index is 11.9. The van der Waals surface area contributed by atoms with Gasteiger partial charge >= 0.3 is 0 Å². The highest BCUT2D eigenvalue weighted by Gasteiger charge is 2.28. The molecular formula is C16H16N2O3S2. The average Bonchev–Trinajstić information content (AvgIpc) is 3.15. The fourth-order valence-corrected chi connectivity index (χ4v) is 4.55. The highest BCUT2D eigenvalue weighted by atomic mass is 32.2. The maximum absolute atomic E-state index is 11.9. The Balaban J connectivity index is 1.65. The molecule has 1 aromatic heterocycles. The molecule has 0 atom stereocenters. The fourth-order valence-electron chi connectivity index (χ4n) is 2.37. The molecule has 5 nitrogen and oxygen atoms in total. The summed E-state index contributed by atoms with van der Waals surface area (Å²) in [6.45, 7) is 0.511. The van der Waals surface area contributed by atoms with E-state index in [1.54, 1.807) is 41.7 Å². The van der Waals surface area contributed by atoms with E-state index in [9.17, 15) is 13.2 Å². The Bertz CT molecular complexity index is 810. The van der Waals surface area contributed by atoms with Crippen LogP contribution in [0.4, 0.5) is 11.4 Å². The lowest BCUT2D eigenvalue weighted by atomic mass is 10.2. The van der Waals surface area contributed by atoms with Gasteiger partial charge in [0, 0.05) is 23.2 Å². The summed E-state index contributed by atoms with van der Waals surface area (Å²) >= 11 is 1.56. The minimum Gasteiger partial charge on any atom is -0.323 e. The topological polar surface area (TPSA) is 66.5 Å². The lowest BCUT2D eigenvalue weighted by molar-refractivity contribution is -0.111. The minimum absolute atomic E-state index is 0.193. The Labute approximate surface area is 139 Å². The Morgan fingerprint density at radius 1 is 1.22 bits per heavy atom. The Morgan fingerprint density at radius 2 is 2.00 bits per heavy atom. The molecule has 0 spiro atoms. The number of thiophene rings is 1. The first kappa shape index (κ1) is 15.8. The molecule has 1 amide bonds. The van der Waals surface area contributed by atoms with Crippen molar-refractivity contribution in [2.24, 2.45) is 0 Å². The highest BCUT2D eigenvalue weighted by molar-refractivity contribution is 7.93. The van der Waals surface area contributed by atoms with Crippen LogP contribution >= 0.6 is 11.3 Å². The molecule has 1 saturated heterocycles. The first-order chi connectivity index (χ1) is 11.0. The number of nitrogens with zero attached hydrogens (tertiary/aromatic N) is 1. The van der Waals surface area contributed by atoms with Gasteiger partial charge in [-0.15, -0.1) is 11.3 Å². The molecule has 1 fully saturated rings. The summed E-state index contributed by atoms with van der Waals surface area (Å²) in [5.74, 6) is -0.0288. The van der Waals surface area contributed by atoms with Gasteiger partial charge in [0.25, 0.3) is 0 Å². The molecule has 1 aromatic carbocycles. The molecule has 0 bridgehead atoms. The molecule has 0 radical (unpaired) electrons. The molecule has 1 aliphatic rings. The van der Waals surface area contributed by atoms with Gasteiger partial charge in [0.2, 0.25) is 15.9 Å². The minimum atomic E-state index is -3.17. The van der Waals surface area contributed by atoms with Crippen molar-refractivity contribution in [1.29, 1.82) is 0 Å². The lowest BCUT2D eigenvalue weighted by Gasteiger charge is -2.17. The monoisotopic (exact) mass is 348 g/mol. The molecule has 7 heteroatoms. The Hall–Kier alpha value is -2.12.